The predicted octanol–water partition coefficient (Wildman–Crippen LogP) is 4.06. The van der Waals surface area contributed by atoms with Gasteiger partial charge in [-0.05, 0) is 63.3 Å². The molecule has 9 heteroatoms. The number of aromatic nitrogens is 5. The van der Waals surface area contributed by atoms with Crippen molar-refractivity contribution in [3.63, 3.8) is 0 Å². The second-order valence-corrected chi connectivity index (χ2v) is 9.83. The minimum Gasteiger partial charge on any atom is -0.370 e. The van der Waals surface area contributed by atoms with Crippen LogP contribution in [0.25, 0.3) is 27.9 Å². The molecule has 2 atom stereocenters. The third kappa shape index (κ3) is 5.14. The Bertz CT molecular complexity index is 1350. The van der Waals surface area contributed by atoms with Crippen LogP contribution in [0.5, 0.6) is 0 Å². The fourth-order valence-corrected chi connectivity index (χ4v) is 4.76. The molecule has 0 fully saturated rings. The lowest BCUT2D eigenvalue weighted by molar-refractivity contribution is -0.117. The Morgan fingerprint density at radius 1 is 1.14 bits per heavy atom. The Labute approximate surface area is 205 Å². The van der Waals surface area contributed by atoms with Crippen LogP contribution >= 0.6 is 0 Å². The molecule has 5 N–H and O–H groups in total. The SMILES string of the molecule is Cc1c(-c2[nH]c3ccc(N[C@H](C)C[C@@H](C)NCCC(N)=O)nc3c2C(C)C)cn2ncnc2c1C. The van der Waals surface area contributed by atoms with E-state index in [1.165, 1.54) is 11.1 Å². The summed E-state index contributed by atoms with van der Waals surface area (Å²) in [7, 11) is 0. The molecule has 4 aromatic rings. The maximum absolute atomic E-state index is 11.0. The summed E-state index contributed by atoms with van der Waals surface area (Å²) in [4.78, 5) is 24.0. The minimum absolute atomic E-state index is 0.205. The lowest BCUT2D eigenvalue weighted by Crippen LogP contribution is -2.34. The van der Waals surface area contributed by atoms with Gasteiger partial charge < -0.3 is 21.4 Å². The maximum Gasteiger partial charge on any atom is 0.218 e. The van der Waals surface area contributed by atoms with Crippen molar-refractivity contribution in [3.8, 4) is 11.3 Å². The number of amides is 1. The van der Waals surface area contributed by atoms with E-state index in [4.69, 9.17) is 10.7 Å². The van der Waals surface area contributed by atoms with Gasteiger partial charge in [-0.25, -0.2) is 14.5 Å². The number of primary amides is 1. The van der Waals surface area contributed by atoms with E-state index in [9.17, 15) is 4.79 Å². The standard InChI is InChI=1S/C26H36N8O/c1-14(2)23-24(19-12-34-26(29-13-30-34)18(6)17(19)5)32-20-7-8-22(33-25(20)23)31-16(4)11-15(3)28-10-9-21(27)35/h7-8,12-16,28,32H,9-11H2,1-6H3,(H2,27,35)(H,31,33)/t15-,16-/m1/s1. The van der Waals surface area contributed by atoms with Gasteiger partial charge in [-0.3, -0.25) is 4.79 Å². The van der Waals surface area contributed by atoms with Crippen molar-refractivity contribution in [2.24, 2.45) is 5.73 Å². The van der Waals surface area contributed by atoms with Crippen LogP contribution in [0.4, 0.5) is 5.82 Å². The van der Waals surface area contributed by atoms with Crippen molar-refractivity contribution >= 4 is 28.4 Å². The van der Waals surface area contributed by atoms with Crippen molar-refractivity contribution in [2.75, 3.05) is 11.9 Å². The third-order valence-electron chi connectivity index (χ3n) is 6.62. The number of aryl methyl sites for hydroxylation is 1. The molecule has 0 unspecified atom stereocenters. The fraction of sp³-hybridized carbons (Fsp3) is 0.462. The van der Waals surface area contributed by atoms with Crippen molar-refractivity contribution in [3.05, 3.63) is 41.3 Å². The smallest absolute Gasteiger partial charge is 0.218 e. The van der Waals surface area contributed by atoms with Gasteiger partial charge in [0.05, 0.1) is 16.7 Å². The van der Waals surface area contributed by atoms with E-state index in [-0.39, 0.29) is 23.9 Å². The largest absolute Gasteiger partial charge is 0.370 e. The number of rotatable bonds is 10. The zero-order chi connectivity index (χ0) is 25.3. The van der Waals surface area contributed by atoms with E-state index in [2.05, 4.69) is 79.5 Å². The quantitative estimate of drug-likeness (QED) is 0.273. The first-order valence-corrected chi connectivity index (χ1v) is 12.3. The number of hydrogen-bond donors (Lipinski definition) is 4. The minimum atomic E-state index is -0.285. The average molecular weight is 477 g/mol. The fourth-order valence-electron chi connectivity index (χ4n) is 4.76. The van der Waals surface area contributed by atoms with E-state index in [1.54, 1.807) is 6.33 Å². The maximum atomic E-state index is 11.0. The van der Waals surface area contributed by atoms with Crippen molar-refractivity contribution < 1.29 is 4.79 Å². The molecule has 0 aliphatic carbocycles. The van der Waals surface area contributed by atoms with Gasteiger partial charge in [0.15, 0.2) is 5.65 Å². The summed E-state index contributed by atoms with van der Waals surface area (Å²) in [6, 6.07) is 4.57. The summed E-state index contributed by atoms with van der Waals surface area (Å²) in [5.41, 5.74) is 13.8. The summed E-state index contributed by atoms with van der Waals surface area (Å²) in [5, 5.41) is 11.3. The van der Waals surface area contributed by atoms with E-state index in [1.807, 2.05) is 10.6 Å². The van der Waals surface area contributed by atoms with Gasteiger partial charge in [-0.1, -0.05) is 13.8 Å². The molecule has 4 heterocycles. The summed E-state index contributed by atoms with van der Waals surface area (Å²) in [6.45, 7) is 13.5. The zero-order valence-electron chi connectivity index (χ0n) is 21.4. The molecule has 35 heavy (non-hydrogen) atoms. The molecule has 0 bridgehead atoms. The first kappa shape index (κ1) is 24.7. The van der Waals surface area contributed by atoms with Crippen LogP contribution in [0.3, 0.4) is 0 Å². The van der Waals surface area contributed by atoms with E-state index >= 15 is 0 Å². The third-order valence-corrected chi connectivity index (χ3v) is 6.62. The van der Waals surface area contributed by atoms with Gasteiger partial charge in [0, 0.05) is 42.4 Å². The molecule has 4 aromatic heterocycles. The van der Waals surface area contributed by atoms with Crippen LogP contribution in [0.2, 0.25) is 0 Å². The summed E-state index contributed by atoms with van der Waals surface area (Å²) < 4.78 is 1.84. The van der Waals surface area contributed by atoms with Gasteiger partial charge in [0.2, 0.25) is 5.91 Å². The predicted molar refractivity (Wildman–Crippen MR) is 141 cm³/mol. The zero-order valence-corrected chi connectivity index (χ0v) is 21.4. The normalized spacial score (nSPS) is 13.6. The number of aromatic amines is 1. The first-order valence-electron chi connectivity index (χ1n) is 12.3. The molecule has 0 saturated heterocycles. The van der Waals surface area contributed by atoms with Crippen LogP contribution in [0, 0.1) is 13.8 Å². The molecule has 4 rings (SSSR count). The Kier molecular flexibility index (Phi) is 7.07. The number of carbonyl (C=O) groups excluding carboxylic acids is 1. The molecule has 186 valence electrons. The highest BCUT2D eigenvalue weighted by atomic mass is 16.1. The number of H-pyrrole nitrogens is 1. The number of anilines is 1. The first-order chi connectivity index (χ1) is 16.7. The Hall–Kier alpha value is -3.46. The van der Waals surface area contributed by atoms with Crippen LogP contribution in [-0.4, -0.2) is 49.1 Å². The van der Waals surface area contributed by atoms with E-state index < -0.39 is 0 Å². The number of carbonyl (C=O) groups is 1. The van der Waals surface area contributed by atoms with Crippen molar-refractivity contribution in [2.45, 2.75) is 72.4 Å². The molecule has 0 radical (unpaired) electrons. The molecular weight excluding hydrogens is 440 g/mol. The molecule has 0 aromatic carbocycles. The van der Waals surface area contributed by atoms with Crippen LogP contribution < -0.4 is 16.4 Å². The number of hydrogen-bond acceptors (Lipinski definition) is 6. The monoisotopic (exact) mass is 476 g/mol. The van der Waals surface area contributed by atoms with Crippen molar-refractivity contribution in [1.29, 1.82) is 0 Å². The van der Waals surface area contributed by atoms with Gasteiger partial charge >= 0.3 is 0 Å². The highest BCUT2D eigenvalue weighted by Crippen LogP contribution is 2.37. The highest BCUT2D eigenvalue weighted by molar-refractivity contribution is 5.90. The summed E-state index contributed by atoms with van der Waals surface area (Å²) in [6.07, 6.45) is 4.88. The van der Waals surface area contributed by atoms with Crippen molar-refractivity contribution in [1.82, 2.24) is 29.9 Å². The Morgan fingerprint density at radius 2 is 1.91 bits per heavy atom. The molecule has 1 amide bonds. The average Bonchev–Trinajstić information content (AvgIpc) is 3.40. The van der Waals surface area contributed by atoms with Crippen LogP contribution in [-0.2, 0) is 4.79 Å². The van der Waals surface area contributed by atoms with E-state index in [0.717, 1.165) is 45.7 Å². The highest BCUT2D eigenvalue weighted by Gasteiger charge is 2.21. The molecule has 0 saturated carbocycles. The number of nitrogens with zero attached hydrogens (tertiary/aromatic N) is 4. The van der Waals surface area contributed by atoms with Gasteiger partial charge in [-0.15, -0.1) is 0 Å². The molecule has 9 nitrogen and oxygen atoms in total. The Balaban J connectivity index is 1.62. The van der Waals surface area contributed by atoms with Gasteiger partial charge in [-0.2, -0.15) is 5.10 Å². The number of pyridine rings is 2. The second-order valence-electron chi connectivity index (χ2n) is 9.83. The van der Waals surface area contributed by atoms with Gasteiger partial charge in [0.1, 0.15) is 12.1 Å². The summed E-state index contributed by atoms with van der Waals surface area (Å²) in [5.74, 6) is 0.840. The van der Waals surface area contributed by atoms with Crippen LogP contribution in [0.15, 0.2) is 24.7 Å². The van der Waals surface area contributed by atoms with Gasteiger partial charge in [0.25, 0.3) is 0 Å². The number of fused-ring (bicyclic) bond motifs is 2. The number of nitrogens with one attached hydrogen (secondary N) is 3. The molecule has 0 aliphatic rings. The second kappa shape index (κ2) is 10.0. The van der Waals surface area contributed by atoms with Crippen LogP contribution in [0.1, 0.15) is 63.1 Å². The Morgan fingerprint density at radius 3 is 2.63 bits per heavy atom. The molecular formula is C26H36N8O. The lowest BCUT2D eigenvalue weighted by atomic mass is 9.95. The summed E-state index contributed by atoms with van der Waals surface area (Å²) >= 11 is 0. The topological polar surface area (TPSA) is 126 Å². The molecule has 0 aliphatic heterocycles. The van der Waals surface area contributed by atoms with E-state index in [0.29, 0.717) is 13.0 Å². The number of nitrogens with two attached hydrogens (primary N) is 1. The molecule has 0 spiro atoms. The lowest BCUT2D eigenvalue weighted by Gasteiger charge is -2.20.